The van der Waals surface area contributed by atoms with Crippen molar-refractivity contribution in [3.8, 4) is 11.5 Å². The van der Waals surface area contributed by atoms with Gasteiger partial charge < -0.3 is 31.5 Å². The number of nitrogens with zero attached hydrogens (tertiary/aromatic N) is 2. The number of amides is 4. The minimum absolute atomic E-state index is 0.0404. The van der Waals surface area contributed by atoms with Crippen LogP contribution in [0.2, 0.25) is 0 Å². The van der Waals surface area contributed by atoms with E-state index in [4.69, 9.17) is 0 Å². The fourth-order valence-corrected chi connectivity index (χ4v) is 3.17. The molecule has 0 radical (unpaired) electrons. The van der Waals surface area contributed by atoms with Crippen molar-refractivity contribution in [3.63, 3.8) is 0 Å². The van der Waals surface area contributed by atoms with Crippen molar-refractivity contribution in [2.24, 2.45) is 0 Å². The van der Waals surface area contributed by atoms with E-state index in [1.165, 1.54) is 38.1 Å². The number of phenols is 2. The predicted molar refractivity (Wildman–Crippen MR) is 127 cm³/mol. The van der Waals surface area contributed by atoms with Crippen molar-refractivity contribution < 1.29 is 34.0 Å². The lowest BCUT2D eigenvalue weighted by atomic mass is 10.2. The summed E-state index contributed by atoms with van der Waals surface area (Å²) in [5.41, 5.74) is 1.18. The highest BCUT2D eigenvalue weighted by Crippen LogP contribution is 2.27. The molecule has 35 heavy (non-hydrogen) atoms. The molecule has 0 spiro atoms. The number of aromatic hydroxyl groups is 2. The molecule has 0 aliphatic heterocycles. The number of carbonyl (C=O) groups is 4. The molecule has 3 rings (SSSR count). The molecule has 0 aliphatic carbocycles. The first kappa shape index (κ1) is 24.8. The lowest BCUT2D eigenvalue weighted by Gasteiger charge is -2.08. The Bertz CT molecular complexity index is 1190. The fourth-order valence-electron chi connectivity index (χ4n) is 3.17. The van der Waals surface area contributed by atoms with E-state index in [9.17, 15) is 29.4 Å². The summed E-state index contributed by atoms with van der Waals surface area (Å²) in [7, 11) is 0. The first-order chi connectivity index (χ1) is 16.6. The van der Waals surface area contributed by atoms with Crippen molar-refractivity contribution in [2.45, 2.75) is 26.9 Å². The molecule has 4 amide bonds. The third-order valence-electron chi connectivity index (χ3n) is 4.58. The van der Waals surface area contributed by atoms with Crippen LogP contribution in [0.4, 0.5) is 22.7 Å². The van der Waals surface area contributed by atoms with Crippen LogP contribution >= 0.6 is 0 Å². The Morgan fingerprint density at radius 1 is 0.800 bits per heavy atom. The van der Waals surface area contributed by atoms with Crippen molar-refractivity contribution >= 4 is 46.4 Å². The van der Waals surface area contributed by atoms with Gasteiger partial charge in [0.05, 0.1) is 11.4 Å². The third-order valence-corrected chi connectivity index (χ3v) is 4.58. The van der Waals surface area contributed by atoms with Gasteiger partial charge in [0, 0.05) is 37.4 Å². The number of phenolic OH excluding ortho intramolecular Hbond substituents is 2. The van der Waals surface area contributed by atoms with E-state index >= 15 is 0 Å². The van der Waals surface area contributed by atoms with Gasteiger partial charge in [0.15, 0.2) is 13.1 Å². The van der Waals surface area contributed by atoms with Gasteiger partial charge in [-0.1, -0.05) is 0 Å². The Kier molecular flexibility index (Phi) is 7.66. The van der Waals surface area contributed by atoms with Gasteiger partial charge in [0.2, 0.25) is 18.1 Å². The van der Waals surface area contributed by atoms with Crippen molar-refractivity contribution in [1.82, 2.24) is 4.57 Å². The summed E-state index contributed by atoms with van der Waals surface area (Å²) in [6.07, 6.45) is 4.82. The second-order valence-corrected chi connectivity index (χ2v) is 7.68. The number of rotatable bonds is 8. The number of hydrogen-bond donors (Lipinski definition) is 6. The van der Waals surface area contributed by atoms with E-state index in [-0.39, 0.29) is 59.6 Å². The third kappa shape index (κ3) is 7.32. The number of nitrogens with one attached hydrogen (secondary N) is 4. The standard InChI is InChI=1S/C23H24N6O6/c1-14(30)24-18-5-3-16(9-20(18)32)26-22(34)11-28-7-8-29(13-28)12-23(35)27-17-4-6-19(21(33)10-17)25-15(2)31/h3-10,13H,11-12H2,1-2H3,(H5-,24,25,26,27,30,31,32,33,34,35)/p+1. The van der Waals surface area contributed by atoms with Crippen LogP contribution in [0, 0.1) is 0 Å². The largest absolute Gasteiger partial charge is 0.506 e. The van der Waals surface area contributed by atoms with Gasteiger partial charge in [-0.15, -0.1) is 0 Å². The number of benzene rings is 2. The SMILES string of the molecule is CC(=O)Nc1ccc(NC(=O)Cn2cc[n+](CC(=O)Nc3ccc(NC(C)=O)c(O)c3)c2)cc1O. The smallest absolute Gasteiger partial charge is 0.266 e. The Morgan fingerprint density at radius 3 is 1.80 bits per heavy atom. The number of aromatic nitrogens is 2. The van der Waals surface area contributed by atoms with Crippen LogP contribution < -0.4 is 25.8 Å². The Hall–Kier alpha value is -4.87. The van der Waals surface area contributed by atoms with Gasteiger partial charge in [0.25, 0.3) is 11.8 Å². The molecular formula is C23H25N6O6+. The summed E-state index contributed by atoms with van der Waals surface area (Å²) in [5.74, 6) is -1.74. The van der Waals surface area contributed by atoms with Crippen molar-refractivity contribution in [1.29, 1.82) is 0 Å². The molecule has 0 unspecified atom stereocenters. The second kappa shape index (κ2) is 10.8. The molecule has 2 aromatic carbocycles. The van der Waals surface area contributed by atoms with Gasteiger partial charge in [-0.3, -0.25) is 19.2 Å². The first-order valence-electron chi connectivity index (χ1n) is 10.4. The first-order valence-corrected chi connectivity index (χ1v) is 10.4. The number of carbonyl (C=O) groups excluding carboxylic acids is 4. The number of imidazole rings is 1. The van der Waals surface area contributed by atoms with Crippen LogP contribution in [0.25, 0.3) is 0 Å². The summed E-state index contributed by atoms with van der Waals surface area (Å²) >= 11 is 0. The van der Waals surface area contributed by atoms with E-state index in [0.29, 0.717) is 11.4 Å². The van der Waals surface area contributed by atoms with Crippen LogP contribution in [0.15, 0.2) is 55.1 Å². The molecule has 0 bridgehead atoms. The highest BCUT2D eigenvalue weighted by molar-refractivity contribution is 5.94. The van der Waals surface area contributed by atoms with Crippen LogP contribution in [0.1, 0.15) is 13.8 Å². The average molecular weight is 481 g/mol. The van der Waals surface area contributed by atoms with E-state index in [2.05, 4.69) is 21.3 Å². The molecule has 0 aliphatic rings. The van der Waals surface area contributed by atoms with Crippen LogP contribution in [0.3, 0.4) is 0 Å². The molecule has 1 heterocycles. The van der Waals surface area contributed by atoms with E-state index in [0.717, 1.165) is 0 Å². The molecule has 1 aromatic heterocycles. The molecule has 12 nitrogen and oxygen atoms in total. The quantitative estimate of drug-likeness (QED) is 0.210. The molecule has 0 fully saturated rings. The maximum absolute atomic E-state index is 12.3. The van der Waals surface area contributed by atoms with Crippen LogP contribution in [-0.2, 0) is 32.3 Å². The minimum Gasteiger partial charge on any atom is -0.506 e. The van der Waals surface area contributed by atoms with E-state index in [1.54, 1.807) is 40.0 Å². The predicted octanol–water partition coefficient (Wildman–Crippen LogP) is 1.38. The van der Waals surface area contributed by atoms with Gasteiger partial charge in [-0.2, -0.15) is 0 Å². The van der Waals surface area contributed by atoms with E-state index in [1.807, 2.05) is 0 Å². The summed E-state index contributed by atoms with van der Waals surface area (Å²) in [5, 5.41) is 30.1. The van der Waals surface area contributed by atoms with Gasteiger partial charge in [-0.05, 0) is 24.3 Å². The Labute approximate surface area is 200 Å². The van der Waals surface area contributed by atoms with Crippen LogP contribution in [-0.4, -0.2) is 38.4 Å². The van der Waals surface area contributed by atoms with Crippen LogP contribution in [0.5, 0.6) is 11.5 Å². The van der Waals surface area contributed by atoms with Crippen molar-refractivity contribution in [2.75, 3.05) is 21.3 Å². The van der Waals surface area contributed by atoms with Gasteiger partial charge in [0.1, 0.15) is 23.9 Å². The zero-order valence-electron chi connectivity index (χ0n) is 19.0. The molecule has 182 valence electrons. The minimum atomic E-state index is -0.362. The molecule has 0 atom stereocenters. The van der Waals surface area contributed by atoms with Gasteiger partial charge in [-0.25, -0.2) is 9.13 Å². The topological polar surface area (TPSA) is 166 Å². The normalized spacial score (nSPS) is 10.3. The number of anilines is 4. The highest BCUT2D eigenvalue weighted by Gasteiger charge is 2.14. The summed E-state index contributed by atoms with van der Waals surface area (Å²) < 4.78 is 3.14. The molecule has 3 aromatic rings. The highest BCUT2D eigenvalue weighted by atomic mass is 16.3. The Balaban J connectivity index is 1.52. The van der Waals surface area contributed by atoms with E-state index < -0.39 is 0 Å². The lowest BCUT2D eigenvalue weighted by molar-refractivity contribution is -0.683. The molecule has 6 N–H and O–H groups in total. The monoisotopic (exact) mass is 481 g/mol. The summed E-state index contributed by atoms with van der Waals surface area (Å²) in [6, 6.07) is 8.68. The maximum atomic E-state index is 12.3. The van der Waals surface area contributed by atoms with Gasteiger partial charge >= 0.3 is 0 Å². The van der Waals surface area contributed by atoms with Crippen molar-refractivity contribution in [3.05, 3.63) is 55.1 Å². The average Bonchev–Trinajstić information content (AvgIpc) is 3.17. The molecular weight excluding hydrogens is 456 g/mol. The summed E-state index contributed by atoms with van der Waals surface area (Å²) in [4.78, 5) is 46.9. The fraction of sp³-hybridized carbons (Fsp3) is 0.174. The summed E-state index contributed by atoms with van der Waals surface area (Å²) in [6.45, 7) is 2.56. The maximum Gasteiger partial charge on any atom is 0.266 e. The molecule has 0 saturated heterocycles. The zero-order valence-corrected chi connectivity index (χ0v) is 19.0. The molecule has 12 heteroatoms. The molecule has 0 saturated carbocycles. The number of hydrogen-bond acceptors (Lipinski definition) is 6. The second-order valence-electron chi connectivity index (χ2n) is 7.68. The zero-order chi connectivity index (χ0) is 25.5. The Morgan fingerprint density at radius 2 is 1.31 bits per heavy atom. The lowest BCUT2D eigenvalue weighted by Crippen LogP contribution is -2.38.